The fraction of sp³-hybridized carbons (Fsp3) is 0.0714. The number of carbonyl (C=O) groups is 1. The second-order valence-electron chi connectivity index (χ2n) is 3.85. The summed E-state index contributed by atoms with van der Waals surface area (Å²) in [7, 11) is 0. The number of amides is 1. The molecule has 2 aromatic rings. The Morgan fingerprint density at radius 1 is 1.35 bits per heavy atom. The van der Waals surface area contributed by atoms with Crippen LogP contribution in [0.2, 0.25) is 10.2 Å². The Morgan fingerprint density at radius 2 is 2.10 bits per heavy atom. The van der Waals surface area contributed by atoms with E-state index < -0.39 is 0 Å². The maximum Gasteiger partial charge on any atom is 0.272 e. The first-order valence-electron chi connectivity index (χ1n) is 5.75. The van der Waals surface area contributed by atoms with E-state index in [4.69, 9.17) is 28.9 Å². The molecule has 4 N–H and O–H groups in total. The Labute approximate surface area is 126 Å². The van der Waals surface area contributed by atoms with E-state index in [9.17, 15) is 4.79 Å². The third-order valence-corrected chi connectivity index (χ3v) is 3.16. The number of hydrogen-bond acceptors (Lipinski definition) is 2. The van der Waals surface area contributed by atoms with Crippen molar-refractivity contribution in [2.24, 2.45) is 5.73 Å². The molecule has 0 bridgehead atoms. The summed E-state index contributed by atoms with van der Waals surface area (Å²) in [4.78, 5) is 14.8. The molecule has 4 nitrogen and oxygen atoms in total. The molecule has 102 valence electrons. The van der Waals surface area contributed by atoms with Gasteiger partial charge >= 0.3 is 0 Å². The number of aromatic amines is 1. The van der Waals surface area contributed by atoms with Crippen molar-refractivity contribution in [3.8, 4) is 11.8 Å². The van der Waals surface area contributed by atoms with E-state index in [1.807, 2.05) is 6.07 Å². The average Bonchev–Trinajstić information content (AvgIpc) is 2.78. The number of halogens is 2. The third-order valence-electron chi connectivity index (χ3n) is 2.47. The van der Waals surface area contributed by atoms with E-state index in [0.29, 0.717) is 16.3 Å². The van der Waals surface area contributed by atoms with Crippen LogP contribution in [-0.4, -0.2) is 17.4 Å². The van der Waals surface area contributed by atoms with Crippen LogP contribution in [-0.2, 0) is 0 Å². The highest BCUT2D eigenvalue weighted by molar-refractivity contribution is 6.41. The van der Waals surface area contributed by atoms with Crippen LogP contribution in [0.3, 0.4) is 0 Å². The number of anilines is 1. The first-order valence-corrected chi connectivity index (χ1v) is 6.50. The van der Waals surface area contributed by atoms with E-state index in [2.05, 4.69) is 22.1 Å². The molecule has 1 heterocycles. The van der Waals surface area contributed by atoms with Crippen LogP contribution in [0.4, 0.5) is 5.69 Å². The summed E-state index contributed by atoms with van der Waals surface area (Å²) < 4.78 is 0. The van der Waals surface area contributed by atoms with Gasteiger partial charge in [-0.15, -0.1) is 0 Å². The Bertz CT molecular complexity index is 678. The predicted octanol–water partition coefficient (Wildman–Crippen LogP) is 2.88. The van der Waals surface area contributed by atoms with Gasteiger partial charge in [-0.25, -0.2) is 0 Å². The monoisotopic (exact) mass is 307 g/mol. The van der Waals surface area contributed by atoms with Crippen LogP contribution in [0, 0.1) is 11.8 Å². The Morgan fingerprint density at radius 3 is 2.75 bits per heavy atom. The standard InChI is InChI=1S/C14H11Cl2N3O/c15-10-8-12(18-13(10)16)14(20)19-11-6-2-1-4-9(11)5-3-7-17/h1-2,4,6,8,18H,7,17H2,(H,19,20). The van der Waals surface area contributed by atoms with Crippen LogP contribution in [0.25, 0.3) is 0 Å². The van der Waals surface area contributed by atoms with E-state index in [1.165, 1.54) is 6.07 Å². The molecule has 0 aliphatic carbocycles. The minimum atomic E-state index is -0.346. The average molecular weight is 308 g/mol. The number of hydrogen-bond donors (Lipinski definition) is 3. The lowest BCUT2D eigenvalue weighted by Crippen LogP contribution is -2.13. The maximum absolute atomic E-state index is 12.1. The number of benzene rings is 1. The zero-order chi connectivity index (χ0) is 14.5. The maximum atomic E-state index is 12.1. The number of nitrogens with two attached hydrogens (primary N) is 1. The molecule has 1 aromatic carbocycles. The molecule has 1 aromatic heterocycles. The van der Waals surface area contributed by atoms with Gasteiger partial charge in [0.1, 0.15) is 10.8 Å². The molecular weight excluding hydrogens is 297 g/mol. The number of para-hydroxylation sites is 1. The van der Waals surface area contributed by atoms with Crippen molar-refractivity contribution in [1.82, 2.24) is 4.98 Å². The smallest absolute Gasteiger partial charge is 0.272 e. The summed E-state index contributed by atoms with van der Waals surface area (Å²) in [5, 5.41) is 3.27. The van der Waals surface area contributed by atoms with E-state index >= 15 is 0 Å². The molecule has 0 unspecified atom stereocenters. The molecule has 0 aliphatic heterocycles. The van der Waals surface area contributed by atoms with Crippen molar-refractivity contribution in [2.75, 3.05) is 11.9 Å². The summed E-state index contributed by atoms with van der Waals surface area (Å²) >= 11 is 11.6. The van der Waals surface area contributed by atoms with Crippen LogP contribution >= 0.6 is 23.2 Å². The number of H-pyrrole nitrogens is 1. The fourth-order valence-corrected chi connectivity index (χ4v) is 1.88. The molecule has 20 heavy (non-hydrogen) atoms. The topological polar surface area (TPSA) is 70.9 Å². The van der Waals surface area contributed by atoms with E-state index in [-0.39, 0.29) is 23.3 Å². The van der Waals surface area contributed by atoms with Gasteiger partial charge in [0, 0.05) is 5.56 Å². The first-order chi connectivity index (χ1) is 9.61. The molecule has 0 aliphatic rings. The second-order valence-corrected chi connectivity index (χ2v) is 4.64. The van der Waals surface area contributed by atoms with E-state index in [1.54, 1.807) is 18.2 Å². The summed E-state index contributed by atoms with van der Waals surface area (Å²) in [5.74, 6) is 5.30. The minimum absolute atomic E-state index is 0.230. The van der Waals surface area contributed by atoms with Gasteiger partial charge in [0.05, 0.1) is 17.3 Å². The summed E-state index contributed by atoms with van der Waals surface area (Å²) in [6.07, 6.45) is 0. The Hall–Kier alpha value is -1.93. The van der Waals surface area contributed by atoms with Crippen LogP contribution < -0.4 is 11.1 Å². The zero-order valence-corrected chi connectivity index (χ0v) is 11.8. The molecular formula is C14H11Cl2N3O. The van der Waals surface area contributed by atoms with Gasteiger partial charge in [0.2, 0.25) is 0 Å². The number of nitrogens with one attached hydrogen (secondary N) is 2. The molecule has 1 amide bonds. The van der Waals surface area contributed by atoms with Crippen molar-refractivity contribution in [3.05, 3.63) is 51.8 Å². The summed E-state index contributed by atoms with van der Waals surface area (Å²) in [6, 6.07) is 8.65. The van der Waals surface area contributed by atoms with Gasteiger partial charge in [-0.1, -0.05) is 47.2 Å². The number of aromatic nitrogens is 1. The van der Waals surface area contributed by atoms with Gasteiger partial charge in [0.15, 0.2) is 0 Å². The largest absolute Gasteiger partial charge is 0.340 e. The Kier molecular flexibility index (Phi) is 4.70. The molecule has 0 spiro atoms. The molecule has 0 atom stereocenters. The highest BCUT2D eigenvalue weighted by atomic mass is 35.5. The molecule has 6 heteroatoms. The van der Waals surface area contributed by atoms with Crippen molar-refractivity contribution in [1.29, 1.82) is 0 Å². The van der Waals surface area contributed by atoms with Crippen LogP contribution in [0.15, 0.2) is 30.3 Å². The number of carbonyl (C=O) groups excluding carboxylic acids is 1. The first kappa shape index (κ1) is 14.5. The third kappa shape index (κ3) is 3.34. The van der Waals surface area contributed by atoms with Gasteiger partial charge in [-0.05, 0) is 18.2 Å². The van der Waals surface area contributed by atoms with Gasteiger partial charge in [0.25, 0.3) is 5.91 Å². The predicted molar refractivity (Wildman–Crippen MR) is 81.1 cm³/mol. The molecule has 0 radical (unpaired) electrons. The van der Waals surface area contributed by atoms with Crippen molar-refractivity contribution < 1.29 is 4.79 Å². The SMILES string of the molecule is NCC#Cc1ccccc1NC(=O)c1cc(Cl)c(Cl)[nH]1. The molecule has 0 saturated carbocycles. The highest BCUT2D eigenvalue weighted by Crippen LogP contribution is 2.23. The van der Waals surface area contributed by atoms with Crippen molar-refractivity contribution in [3.63, 3.8) is 0 Å². The molecule has 0 fully saturated rings. The van der Waals surface area contributed by atoms with Gasteiger partial charge in [-0.3, -0.25) is 4.79 Å². The quantitative estimate of drug-likeness (QED) is 0.747. The lowest BCUT2D eigenvalue weighted by Gasteiger charge is -2.06. The van der Waals surface area contributed by atoms with Crippen LogP contribution in [0.1, 0.15) is 16.1 Å². The Balaban J connectivity index is 2.23. The van der Waals surface area contributed by atoms with Crippen molar-refractivity contribution >= 4 is 34.8 Å². The minimum Gasteiger partial charge on any atom is -0.340 e. The molecule has 2 rings (SSSR count). The van der Waals surface area contributed by atoms with Gasteiger partial charge < -0.3 is 16.0 Å². The van der Waals surface area contributed by atoms with Crippen LogP contribution in [0.5, 0.6) is 0 Å². The lowest BCUT2D eigenvalue weighted by atomic mass is 10.2. The van der Waals surface area contributed by atoms with Crippen molar-refractivity contribution in [2.45, 2.75) is 0 Å². The lowest BCUT2D eigenvalue weighted by molar-refractivity contribution is 0.102. The molecule has 0 saturated heterocycles. The van der Waals surface area contributed by atoms with E-state index in [0.717, 1.165) is 0 Å². The number of rotatable bonds is 2. The normalized spacial score (nSPS) is 9.75. The fourth-order valence-electron chi connectivity index (χ4n) is 1.56. The second kappa shape index (κ2) is 6.49. The highest BCUT2D eigenvalue weighted by Gasteiger charge is 2.12. The summed E-state index contributed by atoms with van der Waals surface area (Å²) in [6.45, 7) is 0.254. The summed E-state index contributed by atoms with van der Waals surface area (Å²) in [5.41, 5.74) is 6.91. The van der Waals surface area contributed by atoms with Gasteiger partial charge in [-0.2, -0.15) is 0 Å². The zero-order valence-electron chi connectivity index (χ0n) is 10.3.